The molecule has 0 bridgehead atoms. The Balaban J connectivity index is 1.65. The summed E-state index contributed by atoms with van der Waals surface area (Å²) in [6.45, 7) is 8.80. The van der Waals surface area contributed by atoms with E-state index < -0.39 is 24.5 Å². The summed E-state index contributed by atoms with van der Waals surface area (Å²) in [4.78, 5) is 37.1. The Hall–Kier alpha value is -3.43. The fourth-order valence-electron chi connectivity index (χ4n) is 2.91. The molecular formula is C23H27F2N5O3. The quantitative estimate of drug-likeness (QED) is 0.551. The third kappa shape index (κ3) is 6.30. The summed E-state index contributed by atoms with van der Waals surface area (Å²) in [5, 5.41) is 5.46. The lowest BCUT2D eigenvalue weighted by Crippen LogP contribution is -2.29. The highest BCUT2D eigenvalue weighted by atomic mass is 19.3. The lowest BCUT2D eigenvalue weighted by atomic mass is 10.1. The molecule has 3 rings (SSSR count). The van der Waals surface area contributed by atoms with Crippen LogP contribution < -0.4 is 15.4 Å². The summed E-state index contributed by atoms with van der Waals surface area (Å²) in [5.74, 6) is -3.59. The fourth-order valence-corrected chi connectivity index (χ4v) is 2.91. The van der Waals surface area contributed by atoms with Crippen molar-refractivity contribution in [1.29, 1.82) is 0 Å². The minimum Gasteiger partial charge on any atom is -0.471 e. The summed E-state index contributed by atoms with van der Waals surface area (Å²) in [6, 6.07) is 2.78. The molecule has 8 nitrogen and oxygen atoms in total. The van der Waals surface area contributed by atoms with Crippen molar-refractivity contribution in [3.63, 3.8) is 0 Å². The van der Waals surface area contributed by atoms with Crippen molar-refractivity contribution in [3.05, 3.63) is 53.0 Å². The molecule has 1 fully saturated rings. The highest BCUT2D eigenvalue weighted by Crippen LogP contribution is 2.30. The molecule has 0 aliphatic heterocycles. The van der Waals surface area contributed by atoms with Gasteiger partial charge in [0.1, 0.15) is 5.69 Å². The average Bonchev–Trinajstić information content (AvgIpc) is 3.57. The minimum atomic E-state index is -3.15. The smallest absolute Gasteiger partial charge is 0.302 e. The van der Waals surface area contributed by atoms with Crippen molar-refractivity contribution >= 4 is 17.8 Å². The lowest BCUT2D eigenvalue weighted by Gasteiger charge is -2.19. The van der Waals surface area contributed by atoms with Crippen LogP contribution in [-0.4, -0.2) is 39.3 Å². The molecule has 2 heterocycles. The molecule has 0 radical (unpaired) electrons. The number of pyridine rings is 1. The maximum absolute atomic E-state index is 13.7. The first-order valence-electron chi connectivity index (χ1n) is 10.6. The monoisotopic (exact) mass is 459 g/mol. The van der Waals surface area contributed by atoms with E-state index in [0.29, 0.717) is 16.8 Å². The number of aryl methyl sites for hydroxylation is 2. The number of hydrogen-bond acceptors (Lipinski definition) is 6. The molecule has 1 aliphatic rings. The largest absolute Gasteiger partial charge is 0.471 e. The lowest BCUT2D eigenvalue weighted by molar-refractivity contribution is -0.117. The molecule has 10 heteroatoms. The van der Waals surface area contributed by atoms with Crippen molar-refractivity contribution in [2.45, 2.75) is 52.5 Å². The predicted molar refractivity (Wildman–Crippen MR) is 118 cm³/mol. The van der Waals surface area contributed by atoms with E-state index in [2.05, 4.69) is 32.2 Å². The van der Waals surface area contributed by atoms with Gasteiger partial charge >= 0.3 is 5.92 Å². The summed E-state index contributed by atoms with van der Waals surface area (Å²) < 4.78 is 32.6. The zero-order chi connectivity index (χ0) is 24.3. The molecule has 2 N–H and O–H groups in total. The van der Waals surface area contributed by atoms with Crippen LogP contribution in [0.2, 0.25) is 0 Å². The molecule has 1 aliphatic carbocycles. The second kappa shape index (κ2) is 9.60. The van der Waals surface area contributed by atoms with Gasteiger partial charge in [-0.15, -0.1) is 0 Å². The van der Waals surface area contributed by atoms with Gasteiger partial charge in [-0.3, -0.25) is 14.9 Å². The van der Waals surface area contributed by atoms with Crippen LogP contribution in [0.15, 0.2) is 30.5 Å². The van der Waals surface area contributed by atoms with Gasteiger partial charge in [-0.1, -0.05) is 6.58 Å². The zero-order valence-electron chi connectivity index (χ0n) is 19.0. The van der Waals surface area contributed by atoms with E-state index in [9.17, 15) is 18.4 Å². The van der Waals surface area contributed by atoms with Crippen LogP contribution in [0.3, 0.4) is 0 Å². The van der Waals surface area contributed by atoms with E-state index in [1.165, 1.54) is 19.2 Å². The molecule has 1 atom stereocenters. The molecule has 0 aromatic carbocycles. The average molecular weight is 459 g/mol. The van der Waals surface area contributed by atoms with Crippen LogP contribution in [0.25, 0.3) is 0 Å². The van der Waals surface area contributed by atoms with Gasteiger partial charge in [0, 0.05) is 23.4 Å². The molecule has 0 saturated heterocycles. The summed E-state index contributed by atoms with van der Waals surface area (Å²) >= 11 is 0. The number of ether oxygens (including phenoxy) is 1. The Labute approximate surface area is 190 Å². The van der Waals surface area contributed by atoms with Crippen LogP contribution in [0.1, 0.15) is 60.0 Å². The molecule has 0 spiro atoms. The van der Waals surface area contributed by atoms with Gasteiger partial charge < -0.3 is 10.1 Å². The number of rotatable bonds is 9. The van der Waals surface area contributed by atoms with Crippen LogP contribution in [0.5, 0.6) is 5.88 Å². The Kier molecular flexibility index (Phi) is 7.04. The molecule has 1 unspecified atom stereocenters. The van der Waals surface area contributed by atoms with Crippen LogP contribution in [0, 0.1) is 19.8 Å². The molecule has 1 saturated carbocycles. The molecule has 176 valence electrons. The molecule has 2 aromatic heterocycles. The highest BCUT2D eigenvalue weighted by molar-refractivity contribution is 5.95. The minimum absolute atomic E-state index is 0.0128. The van der Waals surface area contributed by atoms with Crippen molar-refractivity contribution in [2.75, 3.05) is 11.9 Å². The van der Waals surface area contributed by atoms with Crippen molar-refractivity contribution < 1.29 is 23.1 Å². The summed E-state index contributed by atoms with van der Waals surface area (Å²) in [7, 11) is 0. The van der Waals surface area contributed by atoms with Gasteiger partial charge in [0.2, 0.25) is 17.7 Å². The van der Waals surface area contributed by atoms with E-state index in [4.69, 9.17) is 4.74 Å². The molecule has 2 aromatic rings. The predicted octanol–water partition coefficient (Wildman–Crippen LogP) is 3.92. The van der Waals surface area contributed by atoms with Crippen molar-refractivity contribution in [1.82, 2.24) is 20.3 Å². The van der Waals surface area contributed by atoms with Gasteiger partial charge in [-0.2, -0.15) is 8.78 Å². The standard InChI is InChI=1S/C23H27F2N5O3/c1-12(2)23(24,25)11-33-21-13(3)8-17(10-26-21)15(5)28-20(32)18-9-14(4)27-22(29-18)30-19(31)16-6-7-16/h8-10,15-16H,1,6-7,11H2,2-5H3,(H,28,32)(H,27,29,30,31). The van der Waals surface area contributed by atoms with E-state index in [1.54, 1.807) is 26.8 Å². The second-order valence-electron chi connectivity index (χ2n) is 8.34. The Morgan fingerprint density at radius 3 is 2.58 bits per heavy atom. The first-order chi connectivity index (χ1) is 15.5. The third-order valence-corrected chi connectivity index (χ3v) is 5.18. The number of aromatic nitrogens is 3. The highest BCUT2D eigenvalue weighted by Gasteiger charge is 2.32. The topological polar surface area (TPSA) is 106 Å². The molecule has 33 heavy (non-hydrogen) atoms. The van der Waals surface area contributed by atoms with Crippen LogP contribution in [-0.2, 0) is 4.79 Å². The first-order valence-corrected chi connectivity index (χ1v) is 10.6. The van der Waals surface area contributed by atoms with Crippen LogP contribution >= 0.6 is 0 Å². The SMILES string of the molecule is C=C(C)C(F)(F)COc1ncc(C(C)NC(=O)c2cc(C)nc(NC(=O)C3CC3)n2)cc1C. The summed E-state index contributed by atoms with van der Waals surface area (Å²) in [5.41, 5.74) is 1.58. The number of nitrogens with one attached hydrogen (secondary N) is 2. The van der Waals surface area contributed by atoms with Gasteiger partial charge in [0.15, 0.2) is 6.61 Å². The number of nitrogens with zero attached hydrogens (tertiary/aromatic N) is 3. The number of hydrogen-bond donors (Lipinski definition) is 2. The Morgan fingerprint density at radius 1 is 1.27 bits per heavy atom. The van der Waals surface area contributed by atoms with Gasteiger partial charge in [0.25, 0.3) is 5.91 Å². The summed E-state index contributed by atoms with van der Waals surface area (Å²) in [6.07, 6.45) is 3.14. The Bertz CT molecular complexity index is 1090. The number of carbonyl (C=O) groups excluding carboxylic acids is 2. The van der Waals surface area contributed by atoms with E-state index in [-0.39, 0.29) is 34.9 Å². The molecular weight excluding hydrogens is 432 g/mol. The maximum Gasteiger partial charge on any atom is 0.302 e. The number of alkyl halides is 2. The van der Waals surface area contributed by atoms with Gasteiger partial charge in [-0.05, 0) is 63.8 Å². The van der Waals surface area contributed by atoms with E-state index >= 15 is 0 Å². The second-order valence-corrected chi connectivity index (χ2v) is 8.34. The zero-order valence-corrected chi connectivity index (χ0v) is 19.0. The maximum atomic E-state index is 13.7. The van der Waals surface area contributed by atoms with Crippen LogP contribution in [0.4, 0.5) is 14.7 Å². The van der Waals surface area contributed by atoms with Gasteiger partial charge in [0.05, 0.1) is 6.04 Å². The van der Waals surface area contributed by atoms with Crippen molar-refractivity contribution in [2.24, 2.45) is 5.92 Å². The van der Waals surface area contributed by atoms with E-state index in [1.807, 2.05) is 0 Å². The number of halogens is 2. The Morgan fingerprint density at radius 2 is 1.97 bits per heavy atom. The van der Waals surface area contributed by atoms with E-state index in [0.717, 1.165) is 12.8 Å². The molecule has 2 amide bonds. The number of carbonyl (C=O) groups is 2. The number of amides is 2. The normalized spacial score (nSPS) is 14.4. The fraction of sp³-hybridized carbons (Fsp3) is 0.435. The first kappa shape index (κ1) is 24.2. The van der Waals surface area contributed by atoms with Gasteiger partial charge in [-0.25, -0.2) is 15.0 Å². The van der Waals surface area contributed by atoms with Crippen molar-refractivity contribution in [3.8, 4) is 5.88 Å². The number of anilines is 1. The third-order valence-electron chi connectivity index (χ3n) is 5.18.